The maximum absolute atomic E-state index is 6.22. The van der Waals surface area contributed by atoms with Gasteiger partial charge in [0.05, 0.1) is 7.11 Å². The van der Waals surface area contributed by atoms with Gasteiger partial charge >= 0.3 is 0 Å². The van der Waals surface area contributed by atoms with Gasteiger partial charge in [0.1, 0.15) is 6.61 Å². The number of halogens is 1. The minimum atomic E-state index is 0.404. The Kier molecular flexibility index (Phi) is 5.48. The van der Waals surface area contributed by atoms with Crippen LogP contribution in [0.25, 0.3) is 0 Å². The quantitative estimate of drug-likeness (QED) is 0.884. The average molecular weight is 306 g/mol. The molecule has 21 heavy (non-hydrogen) atoms. The molecule has 2 rings (SSSR count). The van der Waals surface area contributed by atoms with Crippen LogP contribution in [0.2, 0.25) is 5.02 Å². The summed E-state index contributed by atoms with van der Waals surface area (Å²) in [6.07, 6.45) is 0.811. The van der Waals surface area contributed by atoms with Crippen LogP contribution in [0.3, 0.4) is 0 Å². The van der Waals surface area contributed by atoms with Gasteiger partial charge in [-0.1, -0.05) is 29.8 Å². The van der Waals surface area contributed by atoms with Crippen molar-refractivity contribution >= 4 is 11.6 Å². The van der Waals surface area contributed by atoms with Gasteiger partial charge in [-0.3, -0.25) is 0 Å². The van der Waals surface area contributed by atoms with Gasteiger partial charge in [-0.05, 0) is 49.2 Å². The van der Waals surface area contributed by atoms with Gasteiger partial charge < -0.3 is 15.2 Å². The van der Waals surface area contributed by atoms with Crippen molar-refractivity contribution in [3.63, 3.8) is 0 Å². The monoisotopic (exact) mass is 305 g/mol. The van der Waals surface area contributed by atoms with Gasteiger partial charge in [0, 0.05) is 10.6 Å². The van der Waals surface area contributed by atoms with Crippen LogP contribution in [-0.2, 0) is 13.0 Å². The van der Waals surface area contributed by atoms with E-state index in [0.717, 1.165) is 23.1 Å². The lowest BCUT2D eigenvalue weighted by Crippen LogP contribution is -2.04. The summed E-state index contributed by atoms with van der Waals surface area (Å²) in [7, 11) is 1.63. The van der Waals surface area contributed by atoms with Crippen molar-refractivity contribution < 1.29 is 9.47 Å². The van der Waals surface area contributed by atoms with Crippen molar-refractivity contribution in [1.82, 2.24) is 0 Å². The maximum atomic E-state index is 6.22. The highest BCUT2D eigenvalue weighted by Gasteiger charge is 2.08. The molecule has 0 unspecified atom stereocenters. The Morgan fingerprint density at radius 3 is 2.57 bits per heavy atom. The van der Waals surface area contributed by atoms with Crippen molar-refractivity contribution in [3.05, 3.63) is 58.1 Å². The van der Waals surface area contributed by atoms with Crippen molar-refractivity contribution in [2.75, 3.05) is 13.7 Å². The summed E-state index contributed by atoms with van der Waals surface area (Å²) in [6, 6.07) is 11.8. The SMILES string of the molecule is COc1ccc(CCN)cc1OCc1ccc(C)cc1Cl. The van der Waals surface area contributed by atoms with Crippen LogP contribution in [0.15, 0.2) is 36.4 Å². The van der Waals surface area contributed by atoms with Gasteiger partial charge in [0.2, 0.25) is 0 Å². The zero-order chi connectivity index (χ0) is 15.2. The topological polar surface area (TPSA) is 44.5 Å². The van der Waals surface area contributed by atoms with E-state index in [1.165, 1.54) is 0 Å². The van der Waals surface area contributed by atoms with E-state index in [0.29, 0.717) is 29.7 Å². The molecule has 2 N–H and O–H groups in total. The Bertz CT molecular complexity index is 614. The number of aryl methyl sites for hydroxylation is 1. The Hall–Kier alpha value is -1.71. The number of hydrogen-bond donors (Lipinski definition) is 1. The first-order chi connectivity index (χ1) is 10.1. The smallest absolute Gasteiger partial charge is 0.161 e. The van der Waals surface area contributed by atoms with E-state index in [-0.39, 0.29) is 0 Å². The summed E-state index contributed by atoms with van der Waals surface area (Å²) in [5.41, 5.74) is 8.80. The molecular formula is C17H20ClNO2. The fourth-order valence-electron chi connectivity index (χ4n) is 2.08. The molecule has 0 heterocycles. The molecule has 4 heteroatoms. The van der Waals surface area contributed by atoms with E-state index in [1.807, 2.05) is 43.3 Å². The third kappa shape index (κ3) is 4.13. The Labute approximate surface area is 130 Å². The second-order valence-corrected chi connectivity index (χ2v) is 5.31. The zero-order valence-electron chi connectivity index (χ0n) is 12.4. The molecule has 0 aliphatic rings. The summed E-state index contributed by atoms with van der Waals surface area (Å²) in [6.45, 7) is 3.02. The molecule has 0 bridgehead atoms. The predicted octanol–water partition coefficient (Wildman–Crippen LogP) is 3.74. The largest absolute Gasteiger partial charge is 0.493 e. The first kappa shape index (κ1) is 15.7. The van der Waals surface area contributed by atoms with Crippen LogP contribution in [0.5, 0.6) is 11.5 Å². The van der Waals surface area contributed by atoms with E-state index in [4.69, 9.17) is 26.8 Å². The molecule has 0 aromatic heterocycles. The first-order valence-electron chi connectivity index (χ1n) is 6.89. The van der Waals surface area contributed by atoms with Gasteiger partial charge in [-0.15, -0.1) is 0 Å². The molecule has 0 aliphatic carbocycles. The zero-order valence-corrected chi connectivity index (χ0v) is 13.1. The van der Waals surface area contributed by atoms with E-state index < -0.39 is 0 Å². The fraction of sp³-hybridized carbons (Fsp3) is 0.294. The van der Waals surface area contributed by atoms with E-state index in [9.17, 15) is 0 Å². The van der Waals surface area contributed by atoms with E-state index in [2.05, 4.69) is 0 Å². The number of methoxy groups -OCH3 is 1. The molecule has 0 amide bonds. The predicted molar refractivity (Wildman–Crippen MR) is 86.3 cm³/mol. The second-order valence-electron chi connectivity index (χ2n) is 4.91. The molecule has 2 aromatic rings. The highest BCUT2D eigenvalue weighted by molar-refractivity contribution is 6.31. The van der Waals surface area contributed by atoms with Gasteiger partial charge in [0.25, 0.3) is 0 Å². The minimum absolute atomic E-state index is 0.404. The summed E-state index contributed by atoms with van der Waals surface area (Å²) < 4.78 is 11.2. The second kappa shape index (κ2) is 7.34. The van der Waals surface area contributed by atoms with E-state index in [1.54, 1.807) is 7.11 Å². The first-order valence-corrected chi connectivity index (χ1v) is 7.26. The third-order valence-electron chi connectivity index (χ3n) is 3.25. The molecule has 0 fully saturated rings. The van der Waals surface area contributed by atoms with Crippen molar-refractivity contribution in [3.8, 4) is 11.5 Å². The molecular weight excluding hydrogens is 286 g/mol. The molecule has 112 valence electrons. The van der Waals surface area contributed by atoms with Crippen LogP contribution < -0.4 is 15.2 Å². The third-order valence-corrected chi connectivity index (χ3v) is 3.60. The molecule has 0 radical (unpaired) electrons. The number of benzene rings is 2. The molecule has 0 saturated carbocycles. The number of rotatable bonds is 6. The maximum Gasteiger partial charge on any atom is 0.161 e. The van der Waals surface area contributed by atoms with Crippen molar-refractivity contribution in [1.29, 1.82) is 0 Å². The molecule has 0 aliphatic heterocycles. The summed E-state index contributed by atoms with van der Waals surface area (Å²) in [4.78, 5) is 0. The summed E-state index contributed by atoms with van der Waals surface area (Å²) in [5.74, 6) is 1.42. The van der Waals surface area contributed by atoms with Crippen LogP contribution in [0.4, 0.5) is 0 Å². The summed E-state index contributed by atoms with van der Waals surface area (Å²) >= 11 is 6.22. The lowest BCUT2D eigenvalue weighted by atomic mass is 10.1. The van der Waals surface area contributed by atoms with Crippen LogP contribution in [0, 0.1) is 6.92 Å². The van der Waals surface area contributed by atoms with Crippen molar-refractivity contribution in [2.45, 2.75) is 20.0 Å². The normalized spacial score (nSPS) is 10.5. The fourth-order valence-corrected chi connectivity index (χ4v) is 2.37. The van der Waals surface area contributed by atoms with Crippen molar-refractivity contribution in [2.24, 2.45) is 5.73 Å². The molecule has 0 saturated heterocycles. The van der Waals surface area contributed by atoms with Gasteiger partial charge in [-0.25, -0.2) is 0 Å². The standard InChI is InChI=1S/C17H20ClNO2/c1-12-3-5-14(15(18)9-12)11-21-17-10-13(7-8-19)4-6-16(17)20-2/h3-6,9-10H,7-8,11,19H2,1-2H3. The summed E-state index contributed by atoms with van der Waals surface area (Å²) in [5, 5.41) is 0.715. The lowest BCUT2D eigenvalue weighted by molar-refractivity contribution is 0.284. The molecule has 3 nitrogen and oxygen atoms in total. The molecule has 0 spiro atoms. The Morgan fingerprint density at radius 1 is 1.10 bits per heavy atom. The van der Waals surface area contributed by atoms with Crippen LogP contribution >= 0.6 is 11.6 Å². The number of ether oxygens (including phenoxy) is 2. The Balaban J connectivity index is 2.16. The highest BCUT2D eigenvalue weighted by atomic mass is 35.5. The van der Waals surface area contributed by atoms with Crippen LogP contribution in [-0.4, -0.2) is 13.7 Å². The number of nitrogens with two attached hydrogens (primary N) is 1. The van der Waals surface area contributed by atoms with Gasteiger partial charge in [-0.2, -0.15) is 0 Å². The number of hydrogen-bond acceptors (Lipinski definition) is 3. The lowest BCUT2D eigenvalue weighted by Gasteiger charge is -2.13. The van der Waals surface area contributed by atoms with Gasteiger partial charge in [0.15, 0.2) is 11.5 Å². The Morgan fingerprint density at radius 2 is 1.90 bits per heavy atom. The highest BCUT2D eigenvalue weighted by Crippen LogP contribution is 2.30. The van der Waals surface area contributed by atoms with Crippen LogP contribution in [0.1, 0.15) is 16.7 Å². The average Bonchev–Trinajstić information content (AvgIpc) is 2.47. The molecule has 2 aromatic carbocycles. The molecule has 0 atom stereocenters. The van der Waals surface area contributed by atoms with E-state index >= 15 is 0 Å². The minimum Gasteiger partial charge on any atom is -0.493 e.